The lowest BCUT2D eigenvalue weighted by atomic mass is 9.96. The number of hydrogen-bond acceptors (Lipinski definition) is 3. The monoisotopic (exact) mass is 269 g/mol. The molecule has 1 saturated carbocycles. The molecule has 112 valence electrons. The quantitative estimate of drug-likeness (QED) is 0.296. The molecular weight excluding hydrogens is 238 g/mol. The zero-order valence-electron chi connectivity index (χ0n) is 12.8. The van der Waals surface area contributed by atoms with Crippen LogP contribution in [0.5, 0.6) is 0 Å². The van der Waals surface area contributed by atoms with E-state index in [-0.39, 0.29) is 0 Å². The van der Waals surface area contributed by atoms with Gasteiger partial charge in [0.1, 0.15) is 0 Å². The summed E-state index contributed by atoms with van der Waals surface area (Å²) in [6, 6.07) is 0.784. The summed E-state index contributed by atoms with van der Waals surface area (Å²) in [4.78, 5) is 7.10. The average molecular weight is 269 g/mol. The molecule has 0 aromatic carbocycles. The Balaban J connectivity index is 2.43. The molecule has 19 heavy (non-hydrogen) atoms. The third kappa shape index (κ3) is 6.25. The maximum atomic E-state index is 5.58. The fraction of sp³-hybridized carbons (Fsp3) is 0.929. The van der Waals surface area contributed by atoms with Crippen molar-refractivity contribution in [3.05, 3.63) is 0 Å². The molecule has 1 aliphatic rings. The number of hydrogen-bond donors (Lipinski definition) is 3. The molecule has 0 heterocycles. The maximum Gasteiger partial charge on any atom is 0.206 e. The molecule has 5 heteroatoms. The number of likely N-dealkylation sites (N-methyl/N-ethyl adjacent to an activating group) is 1. The first-order chi connectivity index (χ1) is 9.19. The van der Waals surface area contributed by atoms with Crippen molar-refractivity contribution in [1.29, 1.82) is 0 Å². The maximum absolute atomic E-state index is 5.58. The van der Waals surface area contributed by atoms with Gasteiger partial charge in [-0.25, -0.2) is 10.8 Å². The second kappa shape index (κ2) is 9.15. The van der Waals surface area contributed by atoms with Crippen molar-refractivity contribution in [2.45, 2.75) is 65.0 Å². The first-order valence-electron chi connectivity index (χ1n) is 7.72. The van der Waals surface area contributed by atoms with Crippen LogP contribution < -0.4 is 16.6 Å². The van der Waals surface area contributed by atoms with Crippen LogP contribution in [0.2, 0.25) is 0 Å². The fourth-order valence-corrected chi connectivity index (χ4v) is 2.66. The van der Waals surface area contributed by atoms with Gasteiger partial charge in [0.25, 0.3) is 0 Å². The van der Waals surface area contributed by atoms with Gasteiger partial charge in [0, 0.05) is 12.6 Å². The third-order valence-electron chi connectivity index (χ3n) is 3.83. The van der Waals surface area contributed by atoms with E-state index in [1.165, 1.54) is 32.1 Å². The molecule has 0 bridgehead atoms. The number of aliphatic imine (C=N–C) groups is 1. The van der Waals surface area contributed by atoms with E-state index in [9.17, 15) is 0 Å². The Bertz CT molecular complexity index is 257. The topological polar surface area (TPSA) is 65.7 Å². The zero-order valence-corrected chi connectivity index (χ0v) is 12.8. The van der Waals surface area contributed by atoms with E-state index in [2.05, 4.69) is 36.4 Å². The molecule has 0 saturated heterocycles. The standard InChI is InChI=1S/C14H31N5/c1-4-19(5-2)11-12(3)16-14(18-15)17-13-9-7-6-8-10-13/h12-13H,4-11,15H2,1-3H3,(H2,16,17,18). The van der Waals surface area contributed by atoms with Crippen LogP contribution in [0.15, 0.2) is 4.99 Å². The first kappa shape index (κ1) is 16.2. The van der Waals surface area contributed by atoms with Gasteiger partial charge in [0.2, 0.25) is 5.96 Å². The van der Waals surface area contributed by atoms with Gasteiger partial charge < -0.3 is 10.2 Å². The normalized spacial score (nSPS) is 19.5. The van der Waals surface area contributed by atoms with Gasteiger partial charge in [-0.1, -0.05) is 33.1 Å². The van der Waals surface area contributed by atoms with Crippen molar-refractivity contribution in [2.24, 2.45) is 10.8 Å². The summed E-state index contributed by atoms with van der Waals surface area (Å²) >= 11 is 0. The minimum Gasteiger partial charge on any atom is -0.352 e. The molecule has 0 aromatic heterocycles. The largest absolute Gasteiger partial charge is 0.352 e. The molecule has 1 unspecified atom stereocenters. The first-order valence-corrected chi connectivity index (χ1v) is 7.72. The van der Waals surface area contributed by atoms with E-state index in [1.54, 1.807) is 0 Å². The van der Waals surface area contributed by atoms with Gasteiger partial charge >= 0.3 is 0 Å². The SMILES string of the molecule is CCN(CC)CC(C)NC(=NC1CCCCC1)NN. The van der Waals surface area contributed by atoms with Crippen LogP contribution in [-0.2, 0) is 0 Å². The predicted molar refractivity (Wildman–Crippen MR) is 82.0 cm³/mol. The van der Waals surface area contributed by atoms with Crippen molar-refractivity contribution in [1.82, 2.24) is 15.6 Å². The second-order valence-electron chi connectivity index (χ2n) is 5.45. The number of rotatable bonds is 6. The van der Waals surface area contributed by atoms with Crippen molar-refractivity contribution in [3.8, 4) is 0 Å². The Hall–Kier alpha value is -0.810. The highest BCUT2D eigenvalue weighted by Crippen LogP contribution is 2.20. The molecule has 1 atom stereocenters. The van der Waals surface area contributed by atoms with Crippen LogP contribution in [0.25, 0.3) is 0 Å². The van der Waals surface area contributed by atoms with Crippen molar-refractivity contribution >= 4 is 5.96 Å². The number of nitrogens with zero attached hydrogens (tertiary/aromatic N) is 2. The fourth-order valence-electron chi connectivity index (χ4n) is 2.66. The summed E-state index contributed by atoms with van der Waals surface area (Å²) in [6.45, 7) is 9.72. The number of guanidine groups is 1. The highest BCUT2D eigenvalue weighted by molar-refractivity contribution is 5.79. The second-order valence-corrected chi connectivity index (χ2v) is 5.45. The summed E-state index contributed by atoms with van der Waals surface area (Å²) < 4.78 is 0. The highest BCUT2D eigenvalue weighted by atomic mass is 15.3. The minimum atomic E-state index is 0.346. The number of nitrogens with two attached hydrogens (primary N) is 1. The summed E-state index contributed by atoms with van der Waals surface area (Å²) in [7, 11) is 0. The van der Waals surface area contributed by atoms with E-state index in [4.69, 9.17) is 10.8 Å². The number of hydrazine groups is 1. The molecule has 0 spiro atoms. The van der Waals surface area contributed by atoms with Crippen LogP contribution >= 0.6 is 0 Å². The lowest BCUT2D eigenvalue weighted by Gasteiger charge is -2.25. The van der Waals surface area contributed by atoms with Crippen LogP contribution in [0.1, 0.15) is 52.9 Å². The van der Waals surface area contributed by atoms with Crippen LogP contribution in [0.4, 0.5) is 0 Å². The summed E-state index contributed by atoms with van der Waals surface area (Å²) in [5.41, 5.74) is 2.71. The molecule has 0 amide bonds. The summed E-state index contributed by atoms with van der Waals surface area (Å²) in [6.07, 6.45) is 6.32. The van der Waals surface area contributed by atoms with Gasteiger partial charge in [-0.3, -0.25) is 5.43 Å². The van der Waals surface area contributed by atoms with Crippen molar-refractivity contribution in [3.63, 3.8) is 0 Å². The van der Waals surface area contributed by atoms with Crippen LogP contribution in [0, 0.1) is 0 Å². The Morgan fingerprint density at radius 2 is 1.89 bits per heavy atom. The molecule has 0 aromatic rings. The molecule has 1 fully saturated rings. The van der Waals surface area contributed by atoms with E-state index in [0.29, 0.717) is 12.1 Å². The number of nitrogens with one attached hydrogen (secondary N) is 2. The molecule has 0 radical (unpaired) electrons. The van der Waals surface area contributed by atoms with E-state index in [1.807, 2.05) is 0 Å². The Morgan fingerprint density at radius 3 is 2.42 bits per heavy atom. The van der Waals surface area contributed by atoms with Crippen LogP contribution in [0.3, 0.4) is 0 Å². The average Bonchev–Trinajstić information content (AvgIpc) is 2.45. The molecule has 4 N–H and O–H groups in total. The van der Waals surface area contributed by atoms with Crippen molar-refractivity contribution < 1.29 is 0 Å². The molecular formula is C14H31N5. The van der Waals surface area contributed by atoms with E-state index >= 15 is 0 Å². The highest BCUT2D eigenvalue weighted by Gasteiger charge is 2.14. The minimum absolute atomic E-state index is 0.346. The van der Waals surface area contributed by atoms with Gasteiger partial charge in [-0.15, -0.1) is 0 Å². The zero-order chi connectivity index (χ0) is 14.1. The summed E-state index contributed by atoms with van der Waals surface area (Å²) in [5, 5.41) is 3.39. The Kier molecular flexibility index (Phi) is 7.82. The molecule has 1 aliphatic carbocycles. The Morgan fingerprint density at radius 1 is 1.26 bits per heavy atom. The third-order valence-corrected chi connectivity index (χ3v) is 3.83. The molecule has 1 rings (SSSR count). The van der Waals surface area contributed by atoms with Crippen LogP contribution in [-0.4, -0.2) is 42.6 Å². The molecule has 5 nitrogen and oxygen atoms in total. The Labute approximate surface area is 118 Å². The van der Waals surface area contributed by atoms with Gasteiger partial charge in [0.15, 0.2) is 0 Å². The summed E-state index contributed by atoms with van der Waals surface area (Å²) in [5.74, 6) is 6.32. The van der Waals surface area contributed by atoms with Gasteiger partial charge in [0.05, 0.1) is 6.04 Å². The predicted octanol–water partition coefficient (Wildman–Crippen LogP) is 1.46. The van der Waals surface area contributed by atoms with Gasteiger partial charge in [-0.05, 0) is 32.9 Å². The molecule has 0 aliphatic heterocycles. The van der Waals surface area contributed by atoms with E-state index in [0.717, 1.165) is 25.6 Å². The lowest BCUT2D eigenvalue weighted by Crippen LogP contribution is -2.49. The smallest absolute Gasteiger partial charge is 0.206 e. The lowest BCUT2D eigenvalue weighted by molar-refractivity contribution is 0.281. The van der Waals surface area contributed by atoms with E-state index < -0.39 is 0 Å². The van der Waals surface area contributed by atoms with Gasteiger partial charge in [-0.2, -0.15) is 0 Å². The van der Waals surface area contributed by atoms with Crippen molar-refractivity contribution in [2.75, 3.05) is 19.6 Å².